The topological polar surface area (TPSA) is 116 Å². The van der Waals surface area contributed by atoms with Gasteiger partial charge in [-0.25, -0.2) is 18.4 Å². The van der Waals surface area contributed by atoms with Gasteiger partial charge in [0.25, 0.3) is 5.91 Å². The quantitative estimate of drug-likeness (QED) is 0.590. The Morgan fingerprint density at radius 3 is 2.47 bits per heavy atom. The first-order valence-corrected chi connectivity index (χ1v) is 11.5. The van der Waals surface area contributed by atoms with Crippen LogP contribution in [0.5, 0.6) is 0 Å². The fraction of sp³-hybridized carbons (Fsp3) is 0.143. The maximum absolute atomic E-state index is 12.4. The molecule has 1 aromatic heterocycles. The molecule has 0 atom stereocenters. The number of esters is 1. The third-order valence-electron chi connectivity index (χ3n) is 4.74. The van der Waals surface area contributed by atoms with Crippen molar-refractivity contribution in [3.63, 3.8) is 0 Å². The zero-order chi connectivity index (χ0) is 21.3. The Morgan fingerprint density at radius 2 is 1.73 bits per heavy atom. The summed E-state index contributed by atoms with van der Waals surface area (Å²) in [5.74, 6) is -1.08. The molecule has 3 aromatic rings. The lowest BCUT2D eigenvalue weighted by Crippen LogP contribution is -2.20. The highest BCUT2D eigenvalue weighted by atomic mass is 32.2. The molecule has 0 fully saturated rings. The molecule has 0 saturated heterocycles. The number of aryl methyl sites for hydroxylation is 2. The number of nitrogens with two attached hydrogens (primary N) is 1. The summed E-state index contributed by atoms with van der Waals surface area (Å²) in [4.78, 5) is 25.9. The highest BCUT2D eigenvalue weighted by Gasteiger charge is 2.22. The summed E-state index contributed by atoms with van der Waals surface area (Å²) < 4.78 is 27.7. The van der Waals surface area contributed by atoms with Crippen molar-refractivity contribution in [2.75, 3.05) is 11.9 Å². The number of nitrogens with one attached hydrogen (secondary N) is 1. The zero-order valence-corrected chi connectivity index (χ0v) is 17.4. The molecule has 7 nitrogen and oxygen atoms in total. The Hall–Kier alpha value is -3.01. The van der Waals surface area contributed by atoms with Gasteiger partial charge in [-0.15, -0.1) is 11.3 Å². The van der Waals surface area contributed by atoms with Crippen LogP contribution >= 0.6 is 11.3 Å². The van der Waals surface area contributed by atoms with Gasteiger partial charge in [-0.2, -0.15) is 0 Å². The normalized spacial score (nSPS) is 12.6. The number of primary sulfonamides is 1. The molecule has 0 radical (unpaired) electrons. The maximum Gasteiger partial charge on any atom is 0.348 e. The van der Waals surface area contributed by atoms with E-state index in [-0.39, 0.29) is 4.90 Å². The minimum atomic E-state index is -3.80. The van der Waals surface area contributed by atoms with Crippen LogP contribution in [0.4, 0.5) is 5.69 Å². The first-order valence-electron chi connectivity index (χ1n) is 9.12. The molecule has 1 heterocycles. The summed E-state index contributed by atoms with van der Waals surface area (Å²) in [5.41, 5.74) is 3.89. The molecule has 30 heavy (non-hydrogen) atoms. The lowest BCUT2D eigenvalue weighted by Gasteiger charge is -2.15. The molecule has 4 rings (SSSR count). The number of carbonyl (C=O) groups excluding carboxylic acids is 2. The molecule has 0 spiro atoms. The number of sulfonamides is 1. The average molecular weight is 443 g/mol. The van der Waals surface area contributed by atoms with Crippen LogP contribution in [0.1, 0.15) is 20.8 Å². The van der Waals surface area contributed by atoms with E-state index in [2.05, 4.69) is 11.4 Å². The number of carbonyl (C=O) groups is 2. The number of hydrogen-bond acceptors (Lipinski definition) is 6. The van der Waals surface area contributed by atoms with Crippen molar-refractivity contribution in [1.82, 2.24) is 0 Å². The lowest BCUT2D eigenvalue weighted by atomic mass is 9.91. The van der Waals surface area contributed by atoms with Gasteiger partial charge in [0.05, 0.1) is 4.90 Å². The number of anilines is 1. The van der Waals surface area contributed by atoms with Crippen molar-refractivity contribution in [3.8, 4) is 10.4 Å². The van der Waals surface area contributed by atoms with E-state index in [9.17, 15) is 18.0 Å². The molecule has 0 unspecified atom stereocenters. The molecule has 0 saturated carbocycles. The Kier molecular flexibility index (Phi) is 5.42. The van der Waals surface area contributed by atoms with Crippen molar-refractivity contribution in [3.05, 3.63) is 70.6 Å². The van der Waals surface area contributed by atoms with E-state index in [0.29, 0.717) is 10.6 Å². The zero-order valence-electron chi connectivity index (χ0n) is 15.8. The molecule has 2 aromatic carbocycles. The van der Waals surface area contributed by atoms with Crippen molar-refractivity contribution in [2.45, 2.75) is 17.7 Å². The molecule has 154 valence electrons. The number of benzene rings is 2. The lowest BCUT2D eigenvalue weighted by molar-refractivity contribution is -0.119. The number of ether oxygens (including phenoxy) is 1. The van der Waals surface area contributed by atoms with Gasteiger partial charge in [0.2, 0.25) is 10.0 Å². The molecule has 0 bridgehead atoms. The number of hydrogen-bond donors (Lipinski definition) is 2. The standard InChI is InChI=1S/C21H18N2O5S2/c22-30(26,27)16-9-7-15(8-10-16)23-19(24)12-28-21(25)18-11-14-6-5-13-3-1-2-4-17(13)20(14)29-18/h1-4,7-11H,5-6,12H2,(H,23,24)(H2,22,26,27). The summed E-state index contributed by atoms with van der Waals surface area (Å²) >= 11 is 1.37. The number of amides is 1. The Bertz CT molecular complexity index is 1230. The van der Waals surface area contributed by atoms with Crippen molar-refractivity contribution in [1.29, 1.82) is 0 Å². The summed E-state index contributed by atoms with van der Waals surface area (Å²) in [6.45, 7) is -0.449. The smallest absolute Gasteiger partial charge is 0.348 e. The van der Waals surface area contributed by atoms with Crippen LogP contribution in [0, 0.1) is 0 Å². The summed E-state index contributed by atoms with van der Waals surface area (Å²) in [5, 5.41) is 7.58. The third-order valence-corrected chi connectivity index (χ3v) is 6.86. The van der Waals surface area contributed by atoms with Gasteiger partial charge in [-0.05, 0) is 59.9 Å². The molecule has 1 aliphatic carbocycles. The summed E-state index contributed by atoms with van der Waals surface area (Å²) in [6.07, 6.45) is 1.80. The molecule has 1 aliphatic rings. The predicted octanol–water partition coefficient (Wildman–Crippen LogP) is 2.96. The van der Waals surface area contributed by atoms with E-state index in [0.717, 1.165) is 28.8 Å². The molecular formula is C21H18N2O5S2. The monoisotopic (exact) mass is 442 g/mol. The van der Waals surface area contributed by atoms with Gasteiger partial charge < -0.3 is 10.1 Å². The largest absolute Gasteiger partial charge is 0.451 e. The second kappa shape index (κ2) is 8.02. The average Bonchev–Trinajstić information content (AvgIpc) is 3.17. The molecule has 0 aliphatic heterocycles. The van der Waals surface area contributed by atoms with E-state index in [1.54, 1.807) is 0 Å². The Morgan fingerprint density at radius 1 is 1.03 bits per heavy atom. The van der Waals surface area contributed by atoms with Crippen LogP contribution < -0.4 is 10.5 Å². The summed E-state index contributed by atoms with van der Waals surface area (Å²) in [7, 11) is -3.80. The fourth-order valence-corrected chi connectivity index (χ4v) is 4.98. The van der Waals surface area contributed by atoms with E-state index >= 15 is 0 Å². The predicted molar refractivity (Wildman–Crippen MR) is 114 cm³/mol. The molecule has 1 amide bonds. The van der Waals surface area contributed by atoms with Crippen LogP contribution in [0.2, 0.25) is 0 Å². The maximum atomic E-state index is 12.4. The highest BCUT2D eigenvalue weighted by Crippen LogP contribution is 2.39. The number of rotatable bonds is 5. The van der Waals surface area contributed by atoms with E-state index in [1.165, 1.54) is 41.2 Å². The van der Waals surface area contributed by atoms with E-state index in [1.807, 2.05) is 24.3 Å². The van der Waals surface area contributed by atoms with Crippen molar-refractivity contribution >= 4 is 38.9 Å². The van der Waals surface area contributed by atoms with Crippen molar-refractivity contribution < 1.29 is 22.7 Å². The van der Waals surface area contributed by atoms with Gasteiger partial charge >= 0.3 is 5.97 Å². The molecule has 3 N–H and O–H groups in total. The Balaban J connectivity index is 1.37. The minimum absolute atomic E-state index is 0.0600. The SMILES string of the molecule is NS(=O)(=O)c1ccc(NC(=O)COC(=O)c2cc3c(s2)-c2ccccc2CC3)cc1. The van der Waals surface area contributed by atoms with Gasteiger partial charge in [-0.3, -0.25) is 4.79 Å². The van der Waals surface area contributed by atoms with Gasteiger partial charge in [-0.1, -0.05) is 24.3 Å². The molecule has 9 heteroatoms. The third kappa shape index (κ3) is 4.28. The van der Waals surface area contributed by atoms with Crippen LogP contribution in [0.3, 0.4) is 0 Å². The second-order valence-corrected chi connectivity index (χ2v) is 9.43. The highest BCUT2D eigenvalue weighted by molar-refractivity contribution is 7.89. The summed E-state index contributed by atoms with van der Waals surface area (Å²) in [6, 6.07) is 15.3. The first kappa shape index (κ1) is 20.3. The van der Waals surface area contributed by atoms with Gasteiger partial charge in [0.1, 0.15) is 4.88 Å². The fourth-order valence-electron chi connectivity index (χ4n) is 3.30. The van der Waals surface area contributed by atoms with E-state index in [4.69, 9.17) is 9.88 Å². The van der Waals surface area contributed by atoms with Gasteiger partial charge in [0, 0.05) is 10.6 Å². The Labute approximate surface area is 177 Å². The van der Waals surface area contributed by atoms with E-state index < -0.39 is 28.5 Å². The minimum Gasteiger partial charge on any atom is -0.451 e. The van der Waals surface area contributed by atoms with Gasteiger partial charge in [0.15, 0.2) is 6.61 Å². The van der Waals surface area contributed by atoms with Crippen molar-refractivity contribution in [2.24, 2.45) is 5.14 Å². The second-order valence-electron chi connectivity index (χ2n) is 6.82. The van der Waals surface area contributed by atoms with Crippen LogP contribution in [0.15, 0.2) is 59.5 Å². The molecular weight excluding hydrogens is 424 g/mol. The number of fused-ring (bicyclic) bond motifs is 3. The number of thiophene rings is 1. The first-order chi connectivity index (χ1) is 14.3. The van der Waals surface area contributed by atoms with Crippen LogP contribution in [0.25, 0.3) is 10.4 Å². The van der Waals surface area contributed by atoms with Crippen LogP contribution in [-0.4, -0.2) is 26.9 Å². The van der Waals surface area contributed by atoms with Crippen LogP contribution in [-0.2, 0) is 32.4 Å².